The molecule has 2 aromatic rings. The number of nitrogens with zero attached hydrogens (tertiary/aromatic N) is 2. The van der Waals surface area contributed by atoms with Gasteiger partial charge >= 0.3 is 5.97 Å². The Hall–Kier alpha value is -2.63. The fourth-order valence-corrected chi connectivity index (χ4v) is 2.38. The van der Waals surface area contributed by atoms with Crippen molar-refractivity contribution in [1.29, 1.82) is 0 Å². The zero-order valence-electron chi connectivity index (χ0n) is 11.3. The molecule has 6 nitrogen and oxygen atoms in total. The number of rotatable bonds is 4. The molecular weight excluding hydrogens is 270 g/mol. The first kappa shape index (κ1) is 13.4. The van der Waals surface area contributed by atoms with E-state index in [1.54, 1.807) is 12.1 Å². The predicted octanol–water partition coefficient (Wildman–Crippen LogP) is 1.47. The highest BCUT2D eigenvalue weighted by Gasteiger charge is 2.35. The molecule has 1 fully saturated rings. The summed E-state index contributed by atoms with van der Waals surface area (Å²) < 4.78 is 1.82. The highest BCUT2D eigenvalue weighted by atomic mass is 16.4. The van der Waals surface area contributed by atoms with Crippen LogP contribution in [-0.4, -0.2) is 32.6 Å². The van der Waals surface area contributed by atoms with Crippen LogP contribution in [0.25, 0.3) is 5.82 Å². The van der Waals surface area contributed by atoms with Crippen LogP contribution in [0.3, 0.4) is 0 Å². The van der Waals surface area contributed by atoms with Crippen LogP contribution in [0, 0.1) is 5.92 Å². The average molecular weight is 285 g/mol. The van der Waals surface area contributed by atoms with Gasteiger partial charge in [-0.3, -0.25) is 9.59 Å². The molecule has 2 aromatic heterocycles. The summed E-state index contributed by atoms with van der Waals surface area (Å²) in [6.45, 7) is 0. The smallest absolute Gasteiger partial charge is 0.306 e. The molecule has 0 saturated heterocycles. The molecule has 0 bridgehead atoms. The quantitative estimate of drug-likeness (QED) is 0.890. The number of nitrogens with one attached hydrogen (secondary N) is 1. The Bertz CT molecular complexity index is 661. The van der Waals surface area contributed by atoms with Gasteiger partial charge in [0.15, 0.2) is 0 Å². The Labute approximate surface area is 121 Å². The number of carboxylic acid groups (broad SMARTS) is 1. The fourth-order valence-electron chi connectivity index (χ4n) is 2.38. The van der Waals surface area contributed by atoms with Crippen molar-refractivity contribution in [2.24, 2.45) is 5.92 Å². The highest BCUT2D eigenvalue weighted by molar-refractivity contribution is 5.92. The standard InChI is InChI=1S/C15H15N3O3/c19-14(16-11-8-10(9-11)15(20)21)12-4-3-5-13(17-12)18-6-1-2-7-18/h1-7,10-11H,8-9H2,(H,16,19)(H,20,21). The lowest BCUT2D eigenvalue weighted by molar-refractivity contribution is -0.145. The number of hydrogen-bond donors (Lipinski definition) is 2. The van der Waals surface area contributed by atoms with E-state index in [1.807, 2.05) is 35.2 Å². The van der Waals surface area contributed by atoms with Gasteiger partial charge in [-0.2, -0.15) is 0 Å². The molecule has 1 aliphatic rings. The van der Waals surface area contributed by atoms with Gasteiger partial charge in [0.1, 0.15) is 11.5 Å². The minimum absolute atomic E-state index is 0.0735. The van der Waals surface area contributed by atoms with Gasteiger partial charge in [-0.25, -0.2) is 4.98 Å². The lowest BCUT2D eigenvalue weighted by Crippen LogP contribution is -2.46. The number of pyridine rings is 1. The number of hydrogen-bond acceptors (Lipinski definition) is 3. The number of aromatic nitrogens is 2. The number of carbonyl (C=O) groups excluding carboxylic acids is 1. The average Bonchev–Trinajstić information content (AvgIpc) is 2.96. The Morgan fingerprint density at radius 2 is 1.90 bits per heavy atom. The number of carboxylic acids is 1. The molecule has 2 heterocycles. The molecule has 21 heavy (non-hydrogen) atoms. The first-order valence-electron chi connectivity index (χ1n) is 6.77. The van der Waals surface area contributed by atoms with E-state index in [9.17, 15) is 9.59 Å². The molecule has 1 amide bonds. The Balaban J connectivity index is 1.66. The number of carbonyl (C=O) groups is 2. The van der Waals surface area contributed by atoms with E-state index >= 15 is 0 Å². The van der Waals surface area contributed by atoms with Crippen LogP contribution in [0.15, 0.2) is 42.7 Å². The zero-order chi connectivity index (χ0) is 14.8. The van der Waals surface area contributed by atoms with Gasteiger partial charge in [-0.05, 0) is 37.1 Å². The summed E-state index contributed by atoms with van der Waals surface area (Å²) in [5, 5.41) is 11.6. The van der Waals surface area contributed by atoms with Crippen LogP contribution in [0.1, 0.15) is 23.3 Å². The van der Waals surface area contributed by atoms with Crippen molar-refractivity contribution in [2.45, 2.75) is 18.9 Å². The monoisotopic (exact) mass is 285 g/mol. The van der Waals surface area contributed by atoms with Gasteiger partial charge in [-0.1, -0.05) is 6.07 Å². The van der Waals surface area contributed by atoms with E-state index in [-0.39, 0.29) is 17.9 Å². The summed E-state index contributed by atoms with van der Waals surface area (Å²) in [5.41, 5.74) is 0.333. The van der Waals surface area contributed by atoms with Crippen molar-refractivity contribution in [3.63, 3.8) is 0 Å². The van der Waals surface area contributed by atoms with Crippen molar-refractivity contribution < 1.29 is 14.7 Å². The number of amides is 1. The number of aliphatic carboxylic acids is 1. The second kappa shape index (κ2) is 5.40. The normalized spacial score (nSPS) is 20.6. The van der Waals surface area contributed by atoms with Gasteiger partial charge in [0.2, 0.25) is 0 Å². The molecule has 0 aromatic carbocycles. The lowest BCUT2D eigenvalue weighted by atomic mass is 9.80. The summed E-state index contributed by atoms with van der Waals surface area (Å²) in [4.78, 5) is 27.2. The maximum Gasteiger partial charge on any atom is 0.306 e. The van der Waals surface area contributed by atoms with Crippen LogP contribution in [0.4, 0.5) is 0 Å². The first-order valence-corrected chi connectivity index (χ1v) is 6.77. The van der Waals surface area contributed by atoms with Crippen molar-refractivity contribution in [1.82, 2.24) is 14.9 Å². The summed E-state index contributed by atoms with van der Waals surface area (Å²) in [6.07, 6.45) is 4.68. The third-order valence-corrected chi connectivity index (χ3v) is 3.66. The molecular formula is C15H15N3O3. The molecule has 3 rings (SSSR count). The molecule has 0 aliphatic heterocycles. The van der Waals surface area contributed by atoms with Crippen LogP contribution >= 0.6 is 0 Å². The molecule has 2 N–H and O–H groups in total. The maximum atomic E-state index is 12.1. The van der Waals surface area contributed by atoms with Crippen LogP contribution in [0.5, 0.6) is 0 Å². The molecule has 108 valence electrons. The second-order valence-electron chi connectivity index (χ2n) is 5.15. The van der Waals surface area contributed by atoms with Gasteiger partial charge in [0.05, 0.1) is 5.92 Å². The summed E-state index contributed by atoms with van der Waals surface area (Å²) in [7, 11) is 0. The molecule has 0 unspecified atom stereocenters. The first-order chi connectivity index (χ1) is 10.1. The molecule has 1 aliphatic carbocycles. The van der Waals surface area contributed by atoms with Crippen molar-refractivity contribution in [2.75, 3.05) is 0 Å². The fraction of sp³-hybridized carbons (Fsp3) is 0.267. The van der Waals surface area contributed by atoms with Gasteiger partial charge in [0.25, 0.3) is 5.91 Å². The van der Waals surface area contributed by atoms with Crippen LogP contribution in [0.2, 0.25) is 0 Å². The van der Waals surface area contributed by atoms with Crippen molar-refractivity contribution in [3.8, 4) is 5.82 Å². The van der Waals surface area contributed by atoms with E-state index in [1.165, 1.54) is 0 Å². The Morgan fingerprint density at radius 3 is 2.57 bits per heavy atom. The SMILES string of the molecule is O=C(NC1CC(C(=O)O)C1)c1cccc(-n2cccc2)n1. The van der Waals surface area contributed by atoms with E-state index in [2.05, 4.69) is 10.3 Å². The lowest BCUT2D eigenvalue weighted by Gasteiger charge is -2.32. The third kappa shape index (κ3) is 2.79. The van der Waals surface area contributed by atoms with E-state index in [4.69, 9.17) is 5.11 Å². The van der Waals surface area contributed by atoms with E-state index < -0.39 is 5.97 Å². The van der Waals surface area contributed by atoms with Crippen LogP contribution in [-0.2, 0) is 4.79 Å². The van der Waals surface area contributed by atoms with E-state index in [0.717, 1.165) is 0 Å². The van der Waals surface area contributed by atoms with Crippen molar-refractivity contribution in [3.05, 3.63) is 48.4 Å². The largest absolute Gasteiger partial charge is 0.481 e. The zero-order valence-corrected chi connectivity index (χ0v) is 11.3. The highest BCUT2D eigenvalue weighted by Crippen LogP contribution is 2.27. The Kier molecular flexibility index (Phi) is 3.43. The van der Waals surface area contributed by atoms with E-state index in [0.29, 0.717) is 24.4 Å². The van der Waals surface area contributed by atoms with Gasteiger partial charge in [-0.15, -0.1) is 0 Å². The summed E-state index contributed by atoms with van der Waals surface area (Å²) in [5.74, 6) is -0.731. The predicted molar refractivity (Wildman–Crippen MR) is 75.2 cm³/mol. The molecule has 1 saturated carbocycles. The Morgan fingerprint density at radius 1 is 1.19 bits per heavy atom. The molecule has 0 atom stereocenters. The maximum absolute atomic E-state index is 12.1. The topological polar surface area (TPSA) is 84.2 Å². The summed E-state index contributed by atoms with van der Waals surface area (Å²) >= 11 is 0. The molecule has 6 heteroatoms. The molecule has 0 spiro atoms. The summed E-state index contributed by atoms with van der Waals surface area (Å²) in [6, 6.07) is 8.94. The minimum atomic E-state index is -0.798. The van der Waals surface area contributed by atoms with Gasteiger partial charge < -0.3 is 15.0 Å². The van der Waals surface area contributed by atoms with Gasteiger partial charge in [0, 0.05) is 18.4 Å². The molecule has 0 radical (unpaired) electrons. The van der Waals surface area contributed by atoms with Crippen molar-refractivity contribution >= 4 is 11.9 Å². The third-order valence-electron chi connectivity index (χ3n) is 3.66. The second-order valence-corrected chi connectivity index (χ2v) is 5.15. The van der Waals surface area contributed by atoms with Crippen LogP contribution < -0.4 is 5.32 Å². The minimum Gasteiger partial charge on any atom is -0.481 e.